The lowest BCUT2D eigenvalue weighted by atomic mass is 9.99. The fraction of sp³-hybridized carbons (Fsp3) is 0.391. The number of para-hydroxylation sites is 1. The predicted octanol–water partition coefficient (Wildman–Crippen LogP) is 3.83. The molecular weight excluding hydrogens is 396 g/mol. The third-order valence-corrected chi connectivity index (χ3v) is 6.64. The average Bonchev–Trinajstić information content (AvgIpc) is 2.74. The fourth-order valence-corrected chi connectivity index (χ4v) is 4.73. The highest BCUT2D eigenvalue weighted by Crippen LogP contribution is 2.27. The van der Waals surface area contributed by atoms with E-state index in [1.54, 1.807) is 12.3 Å². The Kier molecular flexibility index (Phi) is 5.90. The van der Waals surface area contributed by atoms with E-state index in [2.05, 4.69) is 11.9 Å². The molecule has 4 rings (SSSR count). The summed E-state index contributed by atoms with van der Waals surface area (Å²) in [5, 5.41) is 0.680. The van der Waals surface area contributed by atoms with Crippen molar-refractivity contribution in [2.24, 2.45) is 5.92 Å². The molecule has 0 N–H and O–H groups in total. The van der Waals surface area contributed by atoms with E-state index in [1.807, 2.05) is 49.1 Å². The number of piperidine rings is 1. The highest BCUT2D eigenvalue weighted by Gasteiger charge is 2.27. The predicted molar refractivity (Wildman–Crippen MR) is 120 cm³/mol. The first-order valence-corrected chi connectivity index (χ1v) is 11.2. The minimum Gasteiger partial charge on any atom is -0.342 e. The van der Waals surface area contributed by atoms with Crippen LogP contribution in [-0.2, 0) is 4.79 Å². The van der Waals surface area contributed by atoms with Crippen molar-refractivity contribution in [2.45, 2.75) is 44.0 Å². The molecule has 3 heterocycles. The number of likely N-dealkylation sites (tertiary alicyclic amines) is 1. The van der Waals surface area contributed by atoms with E-state index in [0.717, 1.165) is 31.5 Å². The number of fused-ring (bicyclic) bond motifs is 1. The van der Waals surface area contributed by atoms with E-state index in [1.165, 1.54) is 16.3 Å². The van der Waals surface area contributed by atoms with Gasteiger partial charge < -0.3 is 4.90 Å². The number of carbonyl (C=O) groups excluding carboxylic acids is 1. The van der Waals surface area contributed by atoms with Crippen LogP contribution in [0.3, 0.4) is 0 Å². The van der Waals surface area contributed by atoms with Crippen LogP contribution in [-0.4, -0.2) is 43.7 Å². The van der Waals surface area contributed by atoms with Gasteiger partial charge in [0, 0.05) is 19.3 Å². The highest BCUT2D eigenvalue weighted by atomic mass is 32.2. The number of benzene rings is 1. The van der Waals surface area contributed by atoms with Crippen molar-refractivity contribution >= 4 is 28.6 Å². The number of pyridine rings is 1. The Hall–Kier alpha value is -2.67. The van der Waals surface area contributed by atoms with Gasteiger partial charge in [-0.05, 0) is 62.4 Å². The van der Waals surface area contributed by atoms with Gasteiger partial charge in [-0.25, -0.2) is 14.5 Å². The topological polar surface area (TPSA) is 68.1 Å². The van der Waals surface area contributed by atoms with Crippen molar-refractivity contribution in [1.29, 1.82) is 0 Å². The molecule has 1 fully saturated rings. The summed E-state index contributed by atoms with van der Waals surface area (Å²) in [7, 11) is 0. The van der Waals surface area contributed by atoms with Crippen molar-refractivity contribution in [3.05, 3.63) is 58.5 Å². The Balaban J connectivity index is 1.73. The van der Waals surface area contributed by atoms with Crippen molar-refractivity contribution in [2.75, 3.05) is 13.1 Å². The molecule has 2 aromatic heterocycles. The Bertz CT molecular complexity index is 1140. The molecule has 0 radical (unpaired) electrons. The normalized spacial score (nSPS) is 16.0. The molecule has 156 valence electrons. The number of carbonyl (C=O) groups is 1. The molecule has 30 heavy (non-hydrogen) atoms. The molecule has 0 bridgehead atoms. The van der Waals surface area contributed by atoms with Crippen LogP contribution in [0.5, 0.6) is 0 Å². The van der Waals surface area contributed by atoms with E-state index in [4.69, 9.17) is 4.98 Å². The summed E-state index contributed by atoms with van der Waals surface area (Å²) in [6.07, 6.45) is 3.76. The molecular formula is C23H26N4O2S. The molecule has 6 nitrogen and oxygen atoms in total. The first-order valence-electron chi connectivity index (χ1n) is 10.3. The molecule has 1 aliphatic rings. The fourth-order valence-electron chi connectivity index (χ4n) is 3.73. The molecule has 1 saturated heterocycles. The zero-order chi connectivity index (χ0) is 21.3. The van der Waals surface area contributed by atoms with Crippen molar-refractivity contribution in [1.82, 2.24) is 19.4 Å². The number of nitrogens with zero attached hydrogens (tertiary/aromatic N) is 4. The third kappa shape index (κ3) is 4.12. The molecule has 1 aliphatic heterocycles. The van der Waals surface area contributed by atoms with E-state index < -0.39 is 0 Å². The summed E-state index contributed by atoms with van der Waals surface area (Å²) < 4.78 is 1.53. The first kappa shape index (κ1) is 20.6. The Labute approximate surface area is 180 Å². The smallest absolute Gasteiger partial charge is 0.267 e. The lowest BCUT2D eigenvalue weighted by Crippen LogP contribution is -2.42. The zero-order valence-electron chi connectivity index (χ0n) is 17.5. The lowest BCUT2D eigenvalue weighted by molar-refractivity contribution is -0.131. The van der Waals surface area contributed by atoms with Crippen LogP contribution in [0, 0.1) is 12.8 Å². The molecule has 1 atom stereocenters. The molecule has 0 saturated carbocycles. The Morgan fingerprint density at radius 3 is 2.67 bits per heavy atom. The van der Waals surface area contributed by atoms with E-state index in [9.17, 15) is 9.59 Å². The SMILES string of the molecule is Cc1ccnc(-n2c(SC(C)C(=O)N3CCC(C)CC3)nc3ccccc3c2=O)c1. The van der Waals surface area contributed by atoms with E-state index >= 15 is 0 Å². The summed E-state index contributed by atoms with van der Waals surface area (Å²) in [6.45, 7) is 7.67. The number of aromatic nitrogens is 3. The third-order valence-electron chi connectivity index (χ3n) is 5.60. The quantitative estimate of drug-likeness (QED) is 0.472. The van der Waals surface area contributed by atoms with E-state index in [-0.39, 0.29) is 16.7 Å². The molecule has 0 spiro atoms. The molecule has 0 aliphatic carbocycles. The van der Waals surface area contributed by atoms with Gasteiger partial charge in [-0.3, -0.25) is 9.59 Å². The van der Waals surface area contributed by atoms with Gasteiger partial charge in [0.1, 0.15) is 5.82 Å². The van der Waals surface area contributed by atoms with Crippen LogP contribution in [0.15, 0.2) is 52.5 Å². The van der Waals surface area contributed by atoms with Crippen LogP contribution >= 0.6 is 11.8 Å². The van der Waals surface area contributed by atoms with Crippen LogP contribution < -0.4 is 5.56 Å². The second-order valence-electron chi connectivity index (χ2n) is 8.01. The molecule has 7 heteroatoms. The molecule has 1 aromatic carbocycles. The van der Waals surface area contributed by atoms with Gasteiger partial charge in [0.25, 0.3) is 5.56 Å². The molecule has 1 amide bonds. The number of thioether (sulfide) groups is 1. The maximum Gasteiger partial charge on any atom is 0.267 e. The number of rotatable bonds is 4. The number of amides is 1. The molecule has 1 unspecified atom stereocenters. The van der Waals surface area contributed by atoms with Crippen LogP contribution in [0.2, 0.25) is 0 Å². The maximum absolute atomic E-state index is 13.3. The van der Waals surface area contributed by atoms with Gasteiger partial charge in [-0.15, -0.1) is 0 Å². The van der Waals surface area contributed by atoms with Crippen LogP contribution in [0.4, 0.5) is 0 Å². The number of hydrogen-bond donors (Lipinski definition) is 0. The number of hydrogen-bond acceptors (Lipinski definition) is 5. The van der Waals surface area contributed by atoms with Gasteiger partial charge >= 0.3 is 0 Å². The van der Waals surface area contributed by atoms with Gasteiger partial charge in [0.05, 0.1) is 16.2 Å². The second kappa shape index (κ2) is 8.60. The van der Waals surface area contributed by atoms with Crippen molar-refractivity contribution in [3.63, 3.8) is 0 Å². The summed E-state index contributed by atoms with van der Waals surface area (Å²) in [5.41, 5.74) is 1.45. The second-order valence-corrected chi connectivity index (χ2v) is 9.32. The molecule has 3 aromatic rings. The van der Waals surface area contributed by atoms with Gasteiger partial charge in [-0.1, -0.05) is 30.8 Å². The van der Waals surface area contributed by atoms with Crippen LogP contribution in [0.1, 0.15) is 32.3 Å². The Morgan fingerprint density at radius 2 is 1.93 bits per heavy atom. The first-order chi connectivity index (χ1) is 14.4. The van der Waals surface area contributed by atoms with Gasteiger partial charge in [-0.2, -0.15) is 0 Å². The summed E-state index contributed by atoms with van der Waals surface area (Å²) in [4.78, 5) is 37.4. The highest BCUT2D eigenvalue weighted by molar-refractivity contribution is 8.00. The largest absolute Gasteiger partial charge is 0.342 e. The van der Waals surface area contributed by atoms with Gasteiger partial charge in [0.2, 0.25) is 5.91 Å². The minimum absolute atomic E-state index is 0.0954. The minimum atomic E-state index is -0.345. The average molecular weight is 423 g/mol. The summed E-state index contributed by atoms with van der Waals surface area (Å²) in [5.74, 6) is 1.28. The van der Waals surface area contributed by atoms with Crippen molar-refractivity contribution < 1.29 is 4.79 Å². The summed E-state index contributed by atoms with van der Waals surface area (Å²) >= 11 is 1.32. The number of aryl methyl sites for hydroxylation is 1. The lowest BCUT2D eigenvalue weighted by Gasteiger charge is -2.32. The van der Waals surface area contributed by atoms with Gasteiger partial charge in [0.15, 0.2) is 5.16 Å². The maximum atomic E-state index is 13.3. The van der Waals surface area contributed by atoms with E-state index in [0.29, 0.717) is 27.8 Å². The Morgan fingerprint density at radius 1 is 1.20 bits per heavy atom. The van der Waals surface area contributed by atoms with Crippen LogP contribution in [0.25, 0.3) is 16.7 Å². The standard InChI is InChI=1S/C23H26N4O2S/c1-15-9-12-26(13-10-15)21(28)17(3)30-23-25-19-7-5-4-6-18(19)22(29)27(23)20-14-16(2)8-11-24-20/h4-8,11,14-15,17H,9-10,12-13H2,1-3H3. The monoisotopic (exact) mass is 422 g/mol. The zero-order valence-corrected chi connectivity index (χ0v) is 18.4. The summed E-state index contributed by atoms with van der Waals surface area (Å²) in [6, 6.07) is 11.0. The van der Waals surface area contributed by atoms with Crippen molar-refractivity contribution in [3.8, 4) is 5.82 Å².